The summed E-state index contributed by atoms with van der Waals surface area (Å²) >= 11 is 3.42. The Morgan fingerprint density at radius 1 is 1.18 bits per heavy atom. The summed E-state index contributed by atoms with van der Waals surface area (Å²) < 4.78 is 6.52. The Bertz CT molecular complexity index is 802. The van der Waals surface area contributed by atoms with Gasteiger partial charge in [0.15, 0.2) is 5.82 Å². The highest BCUT2D eigenvalue weighted by Gasteiger charge is 2.23. The van der Waals surface area contributed by atoms with E-state index >= 15 is 0 Å². The molecule has 4 rings (SSSR count). The highest BCUT2D eigenvalue weighted by molar-refractivity contribution is 9.10. The van der Waals surface area contributed by atoms with Crippen LogP contribution in [0.5, 0.6) is 0 Å². The standard InChI is InChI=1S/C20H24BrN5O2/c21-16-4-1-3-15(13-16)20(27)26-10-8-25(9-11-26)19-7-6-18(23-24-19)22-14-17-5-2-12-28-17/h1,3-4,6-7,13,17H,2,5,8-12,14H2,(H,22,23). The van der Waals surface area contributed by atoms with Gasteiger partial charge in [-0.15, -0.1) is 10.2 Å². The fourth-order valence-electron chi connectivity index (χ4n) is 3.55. The number of nitrogens with one attached hydrogen (secondary N) is 1. The molecule has 1 amide bonds. The van der Waals surface area contributed by atoms with Crippen molar-refractivity contribution in [3.8, 4) is 0 Å². The molecule has 1 unspecified atom stereocenters. The number of carbonyl (C=O) groups excluding carboxylic acids is 1. The van der Waals surface area contributed by atoms with Crippen LogP contribution in [0.25, 0.3) is 0 Å². The Morgan fingerprint density at radius 2 is 2.04 bits per heavy atom. The third-order valence-corrected chi connectivity index (χ3v) is 5.64. The maximum atomic E-state index is 12.7. The van der Waals surface area contributed by atoms with Gasteiger partial charge in [0.05, 0.1) is 6.10 Å². The Hall–Kier alpha value is -2.19. The van der Waals surface area contributed by atoms with Crippen molar-refractivity contribution >= 4 is 33.5 Å². The third kappa shape index (κ3) is 4.62. The average molecular weight is 446 g/mol. The zero-order chi connectivity index (χ0) is 19.3. The summed E-state index contributed by atoms with van der Waals surface area (Å²) in [6, 6.07) is 11.5. The number of halogens is 1. The van der Waals surface area contributed by atoms with Crippen molar-refractivity contribution in [2.24, 2.45) is 0 Å². The van der Waals surface area contributed by atoms with Crippen molar-refractivity contribution in [3.63, 3.8) is 0 Å². The number of hydrogen-bond acceptors (Lipinski definition) is 6. The van der Waals surface area contributed by atoms with E-state index in [2.05, 4.69) is 36.3 Å². The first-order valence-electron chi connectivity index (χ1n) is 9.68. The van der Waals surface area contributed by atoms with Crippen LogP contribution in [0.4, 0.5) is 11.6 Å². The molecule has 28 heavy (non-hydrogen) atoms. The molecule has 1 aromatic carbocycles. The summed E-state index contributed by atoms with van der Waals surface area (Å²) in [6.45, 7) is 4.46. The van der Waals surface area contributed by atoms with E-state index in [0.717, 1.165) is 55.2 Å². The number of amides is 1. The first kappa shape index (κ1) is 19.1. The van der Waals surface area contributed by atoms with Gasteiger partial charge in [-0.3, -0.25) is 4.79 Å². The second-order valence-corrected chi connectivity index (χ2v) is 8.00. The van der Waals surface area contributed by atoms with Crippen LogP contribution < -0.4 is 10.2 Å². The molecule has 7 nitrogen and oxygen atoms in total. The lowest BCUT2D eigenvalue weighted by molar-refractivity contribution is 0.0746. The molecule has 0 spiro atoms. The Kier molecular flexibility index (Phi) is 6.07. The normalized spacial score (nSPS) is 19.7. The predicted octanol–water partition coefficient (Wildman–Crippen LogP) is 2.79. The first-order chi connectivity index (χ1) is 13.7. The summed E-state index contributed by atoms with van der Waals surface area (Å²) in [5, 5.41) is 11.9. The van der Waals surface area contributed by atoms with Gasteiger partial charge in [0.1, 0.15) is 5.82 Å². The number of aromatic nitrogens is 2. The maximum absolute atomic E-state index is 12.7. The monoisotopic (exact) mass is 445 g/mol. The summed E-state index contributed by atoms with van der Waals surface area (Å²) in [4.78, 5) is 16.7. The molecule has 0 radical (unpaired) electrons. The number of nitrogens with zero attached hydrogens (tertiary/aromatic N) is 4. The minimum atomic E-state index is 0.0701. The van der Waals surface area contributed by atoms with Crippen molar-refractivity contribution in [2.45, 2.75) is 18.9 Å². The summed E-state index contributed by atoms with van der Waals surface area (Å²) in [6.07, 6.45) is 2.51. The average Bonchev–Trinajstić information content (AvgIpc) is 3.26. The van der Waals surface area contributed by atoms with Gasteiger partial charge in [0, 0.05) is 49.4 Å². The van der Waals surface area contributed by atoms with Gasteiger partial charge in [0.2, 0.25) is 0 Å². The third-order valence-electron chi connectivity index (χ3n) is 5.15. The largest absolute Gasteiger partial charge is 0.376 e. The molecule has 1 atom stereocenters. The van der Waals surface area contributed by atoms with Crippen molar-refractivity contribution in [3.05, 3.63) is 46.4 Å². The van der Waals surface area contributed by atoms with Gasteiger partial charge in [0.25, 0.3) is 5.91 Å². The smallest absolute Gasteiger partial charge is 0.254 e. The quantitative estimate of drug-likeness (QED) is 0.762. The number of anilines is 2. The molecule has 0 bridgehead atoms. The van der Waals surface area contributed by atoms with Crippen LogP contribution in [-0.4, -0.2) is 66.4 Å². The molecule has 1 aromatic heterocycles. The second-order valence-electron chi connectivity index (χ2n) is 7.08. The highest BCUT2D eigenvalue weighted by Crippen LogP contribution is 2.18. The van der Waals surface area contributed by atoms with E-state index in [1.165, 1.54) is 0 Å². The van der Waals surface area contributed by atoms with Crippen LogP contribution in [-0.2, 0) is 4.74 Å². The molecule has 148 valence electrons. The summed E-state index contributed by atoms with van der Waals surface area (Å²) in [5.74, 6) is 1.68. The highest BCUT2D eigenvalue weighted by atomic mass is 79.9. The molecule has 8 heteroatoms. The summed E-state index contributed by atoms with van der Waals surface area (Å²) in [5.41, 5.74) is 0.712. The molecule has 3 heterocycles. The number of rotatable bonds is 5. The molecule has 2 fully saturated rings. The molecular formula is C20H24BrN5O2. The van der Waals surface area contributed by atoms with Crippen LogP contribution >= 0.6 is 15.9 Å². The molecular weight excluding hydrogens is 422 g/mol. The van der Waals surface area contributed by atoms with Crippen LogP contribution in [0.3, 0.4) is 0 Å². The van der Waals surface area contributed by atoms with E-state index in [0.29, 0.717) is 18.7 Å². The van der Waals surface area contributed by atoms with E-state index < -0.39 is 0 Å². The molecule has 2 aliphatic heterocycles. The van der Waals surface area contributed by atoms with Crippen LogP contribution in [0, 0.1) is 0 Å². The molecule has 2 aliphatic rings. The first-order valence-corrected chi connectivity index (χ1v) is 10.5. The fraction of sp³-hybridized carbons (Fsp3) is 0.450. The Balaban J connectivity index is 1.29. The number of benzene rings is 1. The lowest BCUT2D eigenvalue weighted by Gasteiger charge is -2.35. The maximum Gasteiger partial charge on any atom is 0.254 e. The minimum absolute atomic E-state index is 0.0701. The van der Waals surface area contributed by atoms with Crippen molar-refractivity contribution in [2.75, 3.05) is 49.5 Å². The van der Waals surface area contributed by atoms with E-state index in [9.17, 15) is 4.79 Å². The van der Waals surface area contributed by atoms with Crippen LogP contribution in [0.15, 0.2) is 40.9 Å². The zero-order valence-electron chi connectivity index (χ0n) is 15.7. The van der Waals surface area contributed by atoms with Crippen LogP contribution in [0.2, 0.25) is 0 Å². The number of hydrogen-bond donors (Lipinski definition) is 1. The number of ether oxygens (including phenoxy) is 1. The van der Waals surface area contributed by atoms with Gasteiger partial charge in [-0.1, -0.05) is 22.0 Å². The van der Waals surface area contributed by atoms with Gasteiger partial charge in [-0.05, 0) is 43.2 Å². The van der Waals surface area contributed by atoms with E-state index in [4.69, 9.17) is 4.74 Å². The minimum Gasteiger partial charge on any atom is -0.376 e. The number of carbonyl (C=O) groups is 1. The van der Waals surface area contributed by atoms with Gasteiger partial charge < -0.3 is 19.9 Å². The van der Waals surface area contributed by atoms with E-state index in [1.807, 2.05) is 41.3 Å². The number of piperazine rings is 1. The Labute approximate surface area is 173 Å². The second kappa shape index (κ2) is 8.87. The topological polar surface area (TPSA) is 70.6 Å². The molecule has 0 saturated carbocycles. The fourth-order valence-corrected chi connectivity index (χ4v) is 3.95. The van der Waals surface area contributed by atoms with Crippen molar-refractivity contribution < 1.29 is 9.53 Å². The van der Waals surface area contributed by atoms with Gasteiger partial charge in [-0.2, -0.15) is 0 Å². The summed E-state index contributed by atoms with van der Waals surface area (Å²) in [7, 11) is 0. The van der Waals surface area contributed by atoms with E-state index in [-0.39, 0.29) is 12.0 Å². The Morgan fingerprint density at radius 3 is 2.71 bits per heavy atom. The molecule has 1 N–H and O–H groups in total. The molecule has 0 aliphatic carbocycles. The SMILES string of the molecule is O=C(c1cccc(Br)c1)N1CCN(c2ccc(NCC3CCCO3)nn2)CC1. The van der Waals surface area contributed by atoms with Crippen LogP contribution in [0.1, 0.15) is 23.2 Å². The lowest BCUT2D eigenvalue weighted by atomic mass is 10.2. The predicted molar refractivity (Wildman–Crippen MR) is 112 cm³/mol. The molecule has 2 aromatic rings. The van der Waals surface area contributed by atoms with Gasteiger partial charge in [-0.25, -0.2) is 0 Å². The molecule has 2 saturated heterocycles. The van der Waals surface area contributed by atoms with Crippen molar-refractivity contribution in [1.29, 1.82) is 0 Å². The zero-order valence-corrected chi connectivity index (χ0v) is 17.3. The van der Waals surface area contributed by atoms with Crippen molar-refractivity contribution in [1.82, 2.24) is 15.1 Å². The van der Waals surface area contributed by atoms with E-state index in [1.54, 1.807) is 0 Å². The van der Waals surface area contributed by atoms with Gasteiger partial charge >= 0.3 is 0 Å². The lowest BCUT2D eigenvalue weighted by Crippen LogP contribution is -2.49.